The maximum Gasteiger partial charge on any atom is 0.416 e. The van der Waals surface area contributed by atoms with Crippen molar-refractivity contribution in [3.8, 4) is 11.3 Å². The Labute approximate surface area is 186 Å². The van der Waals surface area contributed by atoms with E-state index in [4.69, 9.17) is 4.74 Å². The van der Waals surface area contributed by atoms with Gasteiger partial charge in [0.15, 0.2) is 0 Å². The fourth-order valence-electron chi connectivity index (χ4n) is 3.67. The lowest BCUT2D eigenvalue weighted by Crippen LogP contribution is -2.45. The zero-order valence-corrected chi connectivity index (χ0v) is 17.8. The van der Waals surface area contributed by atoms with Crippen molar-refractivity contribution >= 4 is 27.7 Å². The molecular weight excluding hydrogens is 505 g/mol. The van der Waals surface area contributed by atoms with Crippen LogP contribution < -0.4 is 0 Å². The number of alkyl halides is 3. The second-order valence-corrected chi connectivity index (χ2v) is 8.13. The van der Waals surface area contributed by atoms with Gasteiger partial charge in [0.1, 0.15) is 17.3 Å². The minimum Gasteiger partial charge on any atom is -0.465 e. The number of imidazole rings is 1. The van der Waals surface area contributed by atoms with Gasteiger partial charge in [0, 0.05) is 23.6 Å². The van der Waals surface area contributed by atoms with Crippen LogP contribution in [0.3, 0.4) is 0 Å². The number of hydrogen-bond acceptors (Lipinski definition) is 3. The maximum absolute atomic E-state index is 14.7. The zero-order valence-electron chi connectivity index (χ0n) is 16.2. The van der Waals surface area contributed by atoms with Crippen molar-refractivity contribution in [2.75, 3.05) is 19.7 Å². The predicted octanol–water partition coefficient (Wildman–Crippen LogP) is 4.98. The Hall–Kier alpha value is -2.73. The van der Waals surface area contributed by atoms with Gasteiger partial charge in [-0.1, -0.05) is 15.9 Å². The average Bonchev–Trinajstić information content (AvgIpc) is 3.04. The van der Waals surface area contributed by atoms with E-state index >= 15 is 0 Å². The lowest BCUT2D eigenvalue weighted by molar-refractivity contribution is -0.137. The average molecular weight is 520 g/mol. The van der Waals surface area contributed by atoms with Crippen LogP contribution in [0.4, 0.5) is 26.7 Å². The predicted molar refractivity (Wildman–Crippen MR) is 106 cm³/mol. The number of fused-ring (bicyclic) bond motifs is 1. The topological polar surface area (TPSA) is 67.1 Å². The van der Waals surface area contributed by atoms with Gasteiger partial charge in [0.05, 0.1) is 41.8 Å². The Bertz CT molecular complexity index is 1170. The quantitative estimate of drug-likeness (QED) is 0.495. The summed E-state index contributed by atoms with van der Waals surface area (Å²) in [7, 11) is 0. The molecule has 0 aliphatic carbocycles. The number of rotatable bonds is 3. The van der Waals surface area contributed by atoms with Crippen molar-refractivity contribution in [2.24, 2.45) is 0 Å². The molecule has 0 spiro atoms. The number of amides is 1. The first-order valence-corrected chi connectivity index (χ1v) is 10.2. The van der Waals surface area contributed by atoms with E-state index < -0.39 is 41.1 Å². The maximum atomic E-state index is 14.7. The van der Waals surface area contributed by atoms with E-state index in [1.54, 1.807) is 0 Å². The summed E-state index contributed by atoms with van der Waals surface area (Å²) in [4.78, 5) is 16.5. The second-order valence-electron chi connectivity index (χ2n) is 7.22. The van der Waals surface area contributed by atoms with Crippen LogP contribution in [-0.4, -0.2) is 51.3 Å². The summed E-state index contributed by atoms with van der Waals surface area (Å²) in [5.74, 6) is -1.90. The van der Waals surface area contributed by atoms with Gasteiger partial charge in [-0.15, -0.1) is 0 Å². The van der Waals surface area contributed by atoms with Gasteiger partial charge in [-0.05, 0) is 24.3 Å². The van der Waals surface area contributed by atoms with Crippen molar-refractivity contribution in [3.63, 3.8) is 0 Å². The number of carboxylic acid groups (broad SMARTS) is 1. The first-order chi connectivity index (χ1) is 15.0. The number of aromatic nitrogens is 2. The highest BCUT2D eigenvalue weighted by molar-refractivity contribution is 9.10. The standard InChI is InChI=1S/C20H15BrF5N3O3/c21-11-6-13(22)17(14(23)7-11)18-15(8-12-9-28(19(30)31)3-4-32-12)29-2-1-10(20(24,25)26)5-16(29)27-18/h1-2,5-7,12H,3-4,8-9H2,(H,30,31)/t12-/m0/s1. The Kier molecular flexibility index (Phi) is 5.84. The van der Waals surface area contributed by atoms with Gasteiger partial charge in [0.25, 0.3) is 0 Å². The molecule has 1 aliphatic rings. The van der Waals surface area contributed by atoms with Crippen molar-refractivity contribution in [2.45, 2.75) is 18.7 Å². The van der Waals surface area contributed by atoms with E-state index in [0.717, 1.165) is 35.4 Å². The molecule has 1 aromatic carbocycles. The molecule has 2 aromatic heterocycles. The molecular formula is C20H15BrF5N3O3. The van der Waals surface area contributed by atoms with Gasteiger partial charge in [-0.25, -0.2) is 18.6 Å². The van der Waals surface area contributed by atoms with Crippen molar-refractivity contribution in [3.05, 3.63) is 57.8 Å². The third kappa shape index (κ3) is 4.29. The number of morpholine rings is 1. The number of ether oxygens (including phenoxy) is 1. The molecule has 1 fully saturated rings. The molecule has 1 atom stereocenters. The monoisotopic (exact) mass is 519 g/mol. The van der Waals surface area contributed by atoms with E-state index in [0.29, 0.717) is 0 Å². The summed E-state index contributed by atoms with van der Waals surface area (Å²) < 4.78 is 76.0. The molecule has 0 unspecified atom stereocenters. The van der Waals surface area contributed by atoms with Crippen LogP contribution >= 0.6 is 15.9 Å². The highest BCUT2D eigenvalue weighted by Gasteiger charge is 2.32. The highest BCUT2D eigenvalue weighted by Crippen LogP contribution is 2.35. The minimum atomic E-state index is -4.63. The molecule has 170 valence electrons. The normalized spacial score (nSPS) is 17.2. The summed E-state index contributed by atoms with van der Waals surface area (Å²) in [6.45, 7) is 0.271. The van der Waals surface area contributed by atoms with Crippen LogP contribution in [0.25, 0.3) is 16.9 Å². The molecule has 32 heavy (non-hydrogen) atoms. The van der Waals surface area contributed by atoms with Gasteiger partial charge >= 0.3 is 12.3 Å². The van der Waals surface area contributed by atoms with Crippen LogP contribution in [0.5, 0.6) is 0 Å². The summed E-state index contributed by atoms with van der Waals surface area (Å²) in [5, 5.41) is 9.23. The first-order valence-electron chi connectivity index (χ1n) is 9.37. The van der Waals surface area contributed by atoms with Crippen molar-refractivity contribution < 1.29 is 36.6 Å². The van der Waals surface area contributed by atoms with E-state index in [1.165, 1.54) is 4.40 Å². The van der Waals surface area contributed by atoms with E-state index in [-0.39, 0.29) is 47.6 Å². The summed E-state index contributed by atoms with van der Waals surface area (Å²) in [6, 6.07) is 3.67. The molecule has 0 radical (unpaired) electrons. The molecule has 12 heteroatoms. The van der Waals surface area contributed by atoms with Crippen LogP contribution in [0.15, 0.2) is 34.9 Å². The van der Waals surface area contributed by atoms with Crippen LogP contribution in [-0.2, 0) is 17.3 Å². The number of carbonyl (C=O) groups is 1. The third-order valence-electron chi connectivity index (χ3n) is 5.13. The van der Waals surface area contributed by atoms with Gasteiger partial charge in [-0.2, -0.15) is 13.2 Å². The molecule has 1 saturated heterocycles. The first kappa shape index (κ1) is 22.5. The van der Waals surface area contributed by atoms with Gasteiger partial charge < -0.3 is 19.1 Å². The van der Waals surface area contributed by atoms with Crippen molar-refractivity contribution in [1.82, 2.24) is 14.3 Å². The van der Waals surface area contributed by atoms with Gasteiger partial charge in [-0.3, -0.25) is 0 Å². The fourth-order valence-corrected chi connectivity index (χ4v) is 4.07. The molecule has 1 N–H and O–H groups in total. The van der Waals surface area contributed by atoms with Gasteiger partial charge in [0.2, 0.25) is 0 Å². The molecule has 1 aliphatic heterocycles. The van der Waals surface area contributed by atoms with Crippen LogP contribution in [0.2, 0.25) is 0 Å². The molecule has 3 aromatic rings. The van der Waals surface area contributed by atoms with E-state index in [1.807, 2.05) is 0 Å². The van der Waals surface area contributed by atoms with Crippen molar-refractivity contribution in [1.29, 1.82) is 0 Å². The molecule has 0 bridgehead atoms. The number of hydrogen-bond donors (Lipinski definition) is 1. The Morgan fingerprint density at radius 2 is 1.94 bits per heavy atom. The Balaban J connectivity index is 1.85. The molecule has 1 amide bonds. The Morgan fingerprint density at radius 1 is 1.25 bits per heavy atom. The molecule has 0 saturated carbocycles. The van der Waals surface area contributed by atoms with Crippen LogP contribution in [0, 0.1) is 11.6 Å². The smallest absolute Gasteiger partial charge is 0.416 e. The summed E-state index contributed by atoms with van der Waals surface area (Å²) in [6.07, 6.45) is -5.35. The van der Waals surface area contributed by atoms with E-state index in [2.05, 4.69) is 20.9 Å². The number of pyridine rings is 1. The van der Waals surface area contributed by atoms with E-state index in [9.17, 15) is 31.9 Å². The summed E-state index contributed by atoms with van der Waals surface area (Å²) >= 11 is 2.99. The minimum absolute atomic E-state index is 0.00601. The number of halogens is 6. The summed E-state index contributed by atoms with van der Waals surface area (Å²) in [5.41, 5.74) is -1.59. The third-order valence-corrected chi connectivity index (χ3v) is 5.58. The molecule has 3 heterocycles. The van der Waals surface area contributed by atoms with Crippen LogP contribution in [0.1, 0.15) is 11.3 Å². The molecule has 6 nitrogen and oxygen atoms in total. The zero-order chi connectivity index (χ0) is 23.2. The Morgan fingerprint density at radius 3 is 2.56 bits per heavy atom. The fraction of sp³-hybridized carbons (Fsp3) is 0.300. The number of benzene rings is 1. The largest absolute Gasteiger partial charge is 0.465 e. The number of nitrogens with zero attached hydrogens (tertiary/aromatic N) is 3. The second kappa shape index (κ2) is 8.32. The lowest BCUT2D eigenvalue weighted by atomic mass is 10.0. The highest BCUT2D eigenvalue weighted by atomic mass is 79.9. The SMILES string of the molecule is O=C(O)N1CCO[C@@H](Cc2c(-c3c(F)cc(Br)cc3F)nc3cc(C(F)(F)F)ccn23)C1. The molecule has 4 rings (SSSR count). The lowest BCUT2D eigenvalue weighted by Gasteiger charge is -2.31.